The molecule has 0 spiro atoms. The lowest BCUT2D eigenvalue weighted by atomic mass is 10.2. The molecule has 0 aromatic carbocycles. The van der Waals surface area contributed by atoms with Gasteiger partial charge in [0.15, 0.2) is 0 Å². The number of hydrogen-bond acceptors (Lipinski definition) is 3. The SMILES string of the molecule is C\C=C(/C=C\C(O)=C/CC)N1CCNCC1. The Morgan fingerprint density at radius 2 is 2.00 bits per heavy atom. The molecule has 0 aromatic heterocycles. The summed E-state index contributed by atoms with van der Waals surface area (Å²) in [4.78, 5) is 2.33. The summed E-state index contributed by atoms with van der Waals surface area (Å²) in [6.07, 6.45) is 8.49. The first-order valence-corrected chi connectivity index (χ1v) is 5.97. The third-order valence-electron chi connectivity index (χ3n) is 2.62. The van der Waals surface area contributed by atoms with Gasteiger partial charge in [0.05, 0.1) is 0 Å². The van der Waals surface area contributed by atoms with Crippen LogP contribution in [0.15, 0.2) is 35.8 Å². The average molecular weight is 222 g/mol. The van der Waals surface area contributed by atoms with Crippen LogP contribution in [0.1, 0.15) is 20.3 Å². The Morgan fingerprint density at radius 3 is 2.56 bits per heavy atom. The predicted molar refractivity (Wildman–Crippen MR) is 68.3 cm³/mol. The van der Waals surface area contributed by atoms with Gasteiger partial charge < -0.3 is 15.3 Å². The summed E-state index contributed by atoms with van der Waals surface area (Å²) in [6, 6.07) is 0. The number of nitrogens with one attached hydrogen (secondary N) is 1. The zero-order chi connectivity index (χ0) is 11.8. The average Bonchev–Trinajstić information content (AvgIpc) is 2.31. The minimum atomic E-state index is 0.344. The Balaban J connectivity index is 2.58. The minimum absolute atomic E-state index is 0.344. The zero-order valence-corrected chi connectivity index (χ0v) is 10.2. The maximum atomic E-state index is 9.51. The highest BCUT2D eigenvalue weighted by molar-refractivity contribution is 5.23. The molecule has 0 aliphatic carbocycles. The molecular formula is C13H22N2O. The Morgan fingerprint density at radius 1 is 1.31 bits per heavy atom. The number of nitrogens with zero attached hydrogens (tertiary/aromatic N) is 1. The predicted octanol–water partition coefficient (Wildman–Crippen LogP) is 2.20. The first-order chi connectivity index (χ1) is 7.77. The van der Waals surface area contributed by atoms with Crippen molar-refractivity contribution in [3.8, 4) is 0 Å². The van der Waals surface area contributed by atoms with Crippen LogP contribution in [-0.2, 0) is 0 Å². The molecule has 0 radical (unpaired) electrons. The van der Waals surface area contributed by atoms with Crippen LogP contribution in [0.3, 0.4) is 0 Å². The number of allylic oxidation sites excluding steroid dienone is 4. The summed E-state index contributed by atoms with van der Waals surface area (Å²) in [5.74, 6) is 0.344. The highest BCUT2D eigenvalue weighted by Gasteiger charge is 2.09. The Labute approximate surface area is 98.1 Å². The van der Waals surface area contributed by atoms with E-state index in [9.17, 15) is 5.11 Å². The highest BCUT2D eigenvalue weighted by atomic mass is 16.3. The van der Waals surface area contributed by atoms with Gasteiger partial charge in [-0.15, -0.1) is 0 Å². The van der Waals surface area contributed by atoms with Gasteiger partial charge in [0.1, 0.15) is 5.76 Å². The van der Waals surface area contributed by atoms with E-state index in [4.69, 9.17) is 0 Å². The summed E-state index contributed by atoms with van der Waals surface area (Å²) in [6.45, 7) is 8.16. The zero-order valence-electron chi connectivity index (χ0n) is 10.2. The van der Waals surface area contributed by atoms with E-state index in [-0.39, 0.29) is 0 Å². The van der Waals surface area contributed by atoms with Gasteiger partial charge in [0, 0.05) is 31.9 Å². The van der Waals surface area contributed by atoms with E-state index in [1.165, 1.54) is 5.70 Å². The summed E-state index contributed by atoms with van der Waals surface area (Å²) in [5.41, 5.74) is 1.18. The van der Waals surface area contributed by atoms with Crippen LogP contribution in [-0.4, -0.2) is 36.2 Å². The molecule has 1 aliphatic heterocycles. The summed E-state index contributed by atoms with van der Waals surface area (Å²) < 4.78 is 0. The second-order valence-electron chi connectivity index (χ2n) is 3.82. The van der Waals surface area contributed by atoms with Crippen LogP contribution in [0, 0.1) is 0 Å². The van der Waals surface area contributed by atoms with E-state index < -0.39 is 0 Å². The van der Waals surface area contributed by atoms with E-state index >= 15 is 0 Å². The molecule has 0 bridgehead atoms. The van der Waals surface area contributed by atoms with Gasteiger partial charge >= 0.3 is 0 Å². The van der Waals surface area contributed by atoms with Crippen molar-refractivity contribution in [3.05, 3.63) is 35.8 Å². The van der Waals surface area contributed by atoms with E-state index in [0.29, 0.717) is 5.76 Å². The fourth-order valence-electron chi connectivity index (χ4n) is 1.76. The molecule has 3 heteroatoms. The van der Waals surface area contributed by atoms with Crippen molar-refractivity contribution in [1.29, 1.82) is 0 Å². The number of hydrogen-bond donors (Lipinski definition) is 2. The van der Waals surface area contributed by atoms with Crippen molar-refractivity contribution < 1.29 is 5.11 Å². The van der Waals surface area contributed by atoms with E-state index in [1.54, 1.807) is 6.08 Å². The van der Waals surface area contributed by atoms with Gasteiger partial charge in [-0.1, -0.05) is 13.0 Å². The molecule has 2 N–H and O–H groups in total. The lowest BCUT2D eigenvalue weighted by molar-refractivity contribution is 0.307. The van der Waals surface area contributed by atoms with Crippen LogP contribution in [0.2, 0.25) is 0 Å². The number of piperazine rings is 1. The Kier molecular flexibility index (Phi) is 5.72. The molecule has 1 fully saturated rings. The van der Waals surface area contributed by atoms with E-state index in [1.807, 2.05) is 26.0 Å². The standard InChI is InChI=1S/C13H22N2O/c1-3-5-13(16)7-6-12(4-2)15-10-8-14-9-11-15/h4-7,14,16H,3,8-11H2,1-2H3/b7-6-,12-4+,13-5+. The van der Waals surface area contributed by atoms with Crippen LogP contribution >= 0.6 is 0 Å². The molecule has 1 aliphatic rings. The quantitative estimate of drug-likeness (QED) is 0.565. The van der Waals surface area contributed by atoms with Crippen molar-refractivity contribution in [1.82, 2.24) is 10.2 Å². The molecule has 0 aromatic rings. The number of aliphatic hydroxyl groups excluding tert-OH is 1. The largest absolute Gasteiger partial charge is 0.508 e. The van der Waals surface area contributed by atoms with Crippen LogP contribution in [0.4, 0.5) is 0 Å². The van der Waals surface area contributed by atoms with Crippen LogP contribution in [0.5, 0.6) is 0 Å². The summed E-state index contributed by atoms with van der Waals surface area (Å²) in [5, 5.41) is 12.8. The molecular weight excluding hydrogens is 200 g/mol. The number of aliphatic hydroxyl groups is 1. The molecule has 1 heterocycles. The summed E-state index contributed by atoms with van der Waals surface area (Å²) in [7, 11) is 0. The van der Waals surface area contributed by atoms with Crippen molar-refractivity contribution in [2.24, 2.45) is 0 Å². The molecule has 0 unspecified atom stereocenters. The van der Waals surface area contributed by atoms with Crippen molar-refractivity contribution >= 4 is 0 Å². The molecule has 0 atom stereocenters. The third kappa shape index (κ3) is 4.11. The topological polar surface area (TPSA) is 35.5 Å². The monoisotopic (exact) mass is 222 g/mol. The molecule has 1 rings (SSSR count). The van der Waals surface area contributed by atoms with E-state index in [0.717, 1.165) is 32.6 Å². The second kappa shape index (κ2) is 7.12. The molecule has 3 nitrogen and oxygen atoms in total. The molecule has 1 saturated heterocycles. The third-order valence-corrected chi connectivity index (χ3v) is 2.62. The van der Waals surface area contributed by atoms with E-state index in [2.05, 4.69) is 16.3 Å². The van der Waals surface area contributed by atoms with Crippen molar-refractivity contribution in [2.45, 2.75) is 20.3 Å². The van der Waals surface area contributed by atoms with Gasteiger partial charge in [-0.3, -0.25) is 0 Å². The van der Waals surface area contributed by atoms with Gasteiger partial charge in [0.25, 0.3) is 0 Å². The highest BCUT2D eigenvalue weighted by Crippen LogP contribution is 2.08. The van der Waals surface area contributed by atoms with Crippen molar-refractivity contribution in [3.63, 3.8) is 0 Å². The maximum Gasteiger partial charge on any atom is 0.111 e. The molecule has 90 valence electrons. The maximum absolute atomic E-state index is 9.51. The van der Waals surface area contributed by atoms with Crippen LogP contribution < -0.4 is 5.32 Å². The van der Waals surface area contributed by atoms with Crippen LogP contribution in [0.25, 0.3) is 0 Å². The molecule has 0 saturated carbocycles. The lowest BCUT2D eigenvalue weighted by Gasteiger charge is -2.30. The molecule has 0 amide bonds. The Bertz CT molecular complexity index is 286. The van der Waals surface area contributed by atoms with Gasteiger partial charge in [-0.05, 0) is 31.6 Å². The smallest absolute Gasteiger partial charge is 0.111 e. The fraction of sp³-hybridized carbons (Fsp3) is 0.538. The lowest BCUT2D eigenvalue weighted by Crippen LogP contribution is -2.42. The summed E-state index contributed by atoms with van der Waals surface area (Å²) >= 11 is 0. The molecule has 16 heavy (non-hydrogen) atoms. The van der Waals surface area contributed by atoms with Crippen molar-refractivity contribution in [2.75, 3.05) is 26.2 Å². The number of rotatable bonds is 4. The van der Waals surface area contributed by atoms with Gasteiger partial charge in [-0.2, -0.15) is 0 Å². The fourth-order valence-corrected chi connectivity index (χ4v) is 1.76. The minimum Gasteiger partial charge on any atom is -0.508 e. The first-order valence-electron chi connectivity index (χ1n) is 5.97. The second-order valence-corrected chi connectivity index (χ2v) is 3.82. The normalized spacial score (nSPS) is 19.5. The Hall–Kier alpha value is -1.22. The first kappa shape index (κ1) is 12.8. The van der Waals surface area contributed by atoms with Gasteiger partial charge in [0.2, 0.25) is 0 Å². The van der Waals surface area contributed by atoms with Gasteiger partial charge in [-0.25, -0.2) is 0 Å².